The average molecular weight is 296 g/mol. The molecule has 2 amide bonds. The van der Waals surface area contributed by atoms with Crippen LogP contribution in [0.2, 0.25) is 5.02 Å². The highest BCUT2D eigenvalue weighted by atomic mass is 35.5. The van der Waals surface area contributed by atoms with Crippen LogP contribution in [0.5, 0.6) is 0 Å². The molecule has 0 unspecified atom stereocenters. The Labute approximate surface area is 123 Å². The first-order valence-electron chi connectivity index (χ1n) is 6.71. The Hall–Kier alpha value is -1.62. The molecule has 0 radical (unpaired) electrons. The summed E-state index contributed by atoms with van der Waals surface area (Å²) in [4.78, 5) is 28.9. The lowest BCUT2D eigenvalue weighted by atomic mass is 9.96. The number of nitrogens with one attached hydrogen (secondary N) is 1. The lowest BCUT2D eigenvalue weighted by Gasteiger charge is -2.32. The van der Waals surface area contributed by atoms with E-state index in [9.17, 15) is 9.59 Å². The van der Waals surface area contributed by atoms with Crippen molar-refractivity contribution in [3.05, 3.63) is 29.0 Å². The number of hydrogen-bond acceptors (Lipinski definition) is 3. The third-order valence-corrected chi connectivity index (χ3v) is 3.85. The quantitative estimate of drug-likeness (QED) is 0.923. The highest BCUT2D eigenvalue weighted by Crippen LogP contribution is 2.21. The Bertz CT molecular complexity index is 499. The van der Waals surface area contributed by atoms with Gasteiger partial charge in [-0.15, -0.1) is 0 Å². The van der Waals surface area contributed by atoms with Crippen LogP contribution >= 0.6 is 11.6 Å². The average Bonchev–Trinajstić information content (AvgIpc) is 2.45. The van der Waals surface area contributed by atoms with Crippen molar-refractivity contribution in [1.29, 1.82) is 0 Å². The van der Waals surface area contributed by atoms with Crippen LogP contribution in [-0.4, -0.2) is 41.3 Å². The second kappa shape index (κ2) is 6.70. The molecule has 108 valence electrons. The van der Waals surface area contributed by atoms with Gasteiger partial charge in [0.25, 0.3) is 5.91 Å². The molecule has 1 aromatic rings. The Morgan fingerprint density at radius 3 is 2.75 bits per heavy atom. The fourth-order valence-corrected chi connectivity index (χ4v) is 2.55. The molecule has 0 aliphatic carbocycles. The number of pyridine rings is 1. The van der Waals surface area contributed by atoms with Gasteiger partial charge in [0, 0.05) is 39.0 Å². The van der Waals surface area contributed by atoms with E-state index >= 15 is 0 Å². The lowest BCUT2D eigenvalue weighted by molar-refractivity contribution is -0.119. The molecule has 0 saturated carbocycles. The van der Waals surface area contributed by atoms with Crippen LogP contribution in [0.4, 0.5) is 0 Å². The number of likely N-dealkylation sites (tertiary alicyclic amines) is 1. The van der Waals surface area contributed by atoms with Gasteiger partial charge in [-0.05, 0) is 24.8 Å². The fraction of sp³-hybridized carbons (Fsp3) is 0.500. The van der Waals surface area contributed by atoms with Crippen LogP contribution in [-0.2, 0) is 4.79 Å². The highest BCUT2D eigenvalue weighted by molar-refractivity contribution is 6.33. The number of rotatable bonds is 3. The lowest BCUT2D eigenvalue weighted by Crippen LogP contribution is -2.41. The topological polar surface area (TPSA) is 62.3 Å². The van der Waals surface area contributed by atoms with Crippen molar-refractivity contribution in [2.75, 3.05) is 19.6 Å². The molecule has 20 heavy (non-hydrogen) atoms. The van der Waals surface area contributed by atoms with E-state index in [1.807, 2.05) is 4.90 Å². The first kappa shape index (κ1) is 14.8. The molecular formula is C14H18ClN3O2. The molecule has 1 aliphatic heterocycles. The zero-order chi connectivity index (χ0) is 14.5. The van der Waals surface area contributed by atoms with Crippen LogP contribution in [0.25, 0.3) is 0 Å². The van der Waals surface area contributed by atoms with Gasteiger partial charge in [-0.1, -0.05) is 11.6 Å². The number of carbonyl (C=O) groups excluding carboxylic acids is 2. The van der Waals surface area contributed by atoms with Crippen molar-refractivity contribution in [2.24, 2.45) is 5.92 Å². The molecule has 0 atom stereocenters. The molecule has 2 heterocycles. The first-order valence-corrected chi connectivity index (χ1v) is 7.09. The minimum Gasteiger partial charge on any atom is -0.356 e. The monoisotopic (exact) mass is 295 g/mol. The molecule has 1 saturated heterocycles. The summed E-state index contributed by atoms with van der Waals surface area (Å²) >= 11 is 5.99. The van der Waals surface area contributed by atoms with E-state index in [0.717, 1.165) is 12.8 Å². The summed E-state index contributed by atoms with van der Waals surface area (Å²) in [5.74, 6) is 0.387. The number of amides is 2. The van der Waals surface area contributed by atoms with E-state index in [-0.39, 0.29) is 11.8 Å². The van der Waals surface area contributed by atoms with Crippen molar-refractivity contribution in [1.82, 2.24) is 15.2 Å². The normalized spacial score (nSPS) is 16.0. The third-order valence-electron chi connectivity index (χ3n) is 3.54. The SMILES string of the molecule is CC(=O)NCC1CCN(C(=O)c2ccncc2Cl)CC1. The Morgan fingerprint density at radius 1 is 1.45 bits per heavy atom. The van der Waals surface area contributed by atoms with Gasteiger partial charge in [0.2, 0.25) is 5.91 Å². The second-order valence-corrected chi connectivity index (χ2v) is 5.44. The molecule has 1 fully saturated rings. The van der Waals surface area contributed by atoms with Crippen LogP contribution < -0.4 is 5.32 Å². The maximum Gasteiger partial charge on any atom is 0.255 e. The van der Waals surface area contributed by atoms with Crippen LogP contribution in [0.3, 0.4) is 0 Å². The van der Waals surface area contributed by atoms with Crippen molar-refractivity contribution >= 4 is 23.4 Å². The van der Waals surface area contributed by atoms with Gasteiger partial charge >= 0.3 is 0 Å². The summed E-state index contributed by atoms with van der Waals surface area (Å²) in [6.45, 7) is 3.60. The number of nitrogens with zero attached hydrogens (tertiary/aromatic N) is 2. The summed E-state index contributed by atoms with van der Waals surface area (Å²) in [7, 11) is 0. The van der Waals surface area contributed by atoms with Crippen LogP contribution in [0.15, 0.2) is 18.5 Å². The third kappa shape index (κ3) is 3.70. The van der Waals surface area contributed by atoms with E-state index < -0.39 is 0 Å². The van der Waals surface area contributed by atoms with E-state index in [2.05, 4.69) is 10.3 Å². The summed E-state index contributed by atoms with van der Waals surface area (Å²) < 4.78 is 0. The minimum atomic E-state index is -0.0459. The molecule has 0 aromatic carbocycles. The largest absolute Gasteiger partial charge is 0.356 e. The first-order chi connectivity index (χ1) is 9.58. The molecular weight excluding hydrogens is 278 g/mol. The maximum atomic E-state index is 12.3. The molecule has 6 heteroatoms. The van der Waals surface area contributed by atoms with Gasteiger partial charge in [0.1, 0.15) is 0 Å². The van der Waals surface area contributed by atoms with Gasteiger partial charge < -0.3 is 10.2 Å². The fourth-order valence-electron chi connectivity index (χ4n) is 2.35. The van der Waals surface area contributed by atoms with Gasteiger partial charge in [0.05, 0.1) is 10.6 Å². The van der Waals surface area contributed by atoms with Crippen molar-refractivity contribution in [2.45, 2.75) is 19.8 Å². The number of halogens is 1. The maximum absolute atomic E-state index is 12.3. The second-order valence-electron chi connectivity index (χ2n) is 5.03. The summed E-state index contributed by atoms with van der Waals surface area (Å²) in [6, 6.07) is 1.65. The number of piperidine rings is 1. The predicted molar refractivity (Wildman–Crippen MR) is 76.6 cm³/mol. The number of hydrogen-bond donors (Lipinski definition) is 1. The van der Waals surface area contributed by atoms with E-state index in [1.54, 1.807) is 12.3 Å². The summed E-state index contributed by atoms with van der Waals surface area (Å²) in [6.07, 6.45) is 4.85. The molecule has 1 aliphatic rings. The smallest absolute Gasteiger partial charge is 0.255 e. The zero-order valence-electron chi connectivity index (χ0n) is 11.4. The molecule has 0 bridgehead atoms. The Morgan fingerprint density at radius 2 is 2.15 bits per heavy atom. The Balaban J connectivity index is 1.89. The zero-order valence-corrected chi connectivity index (χ0v) is 12.2. The minimum absolute atomic E-state index is 0.00734. The molecule has 2 rings (SSSR count). The summed E-state index contributed by atoms with van der Waals surface area (Å²) in [5, 5.41) is 3.22. The molecule has 5 nitrogen and oxygen atoms in total. The molecule has 0 spiro atoms. The number of aromatic nitrogens is 1. The van der Waals surface area contributed by atoms with Crippen molar-refractivity contribution in [3.63, 3.8) is 0 Å². The van der Waals surface area contributed by atoms with Crippen molar-refractivity contribution < 1.29 is 9.59 Å². The van der Waals surface area contributed by atoms with Gasteiger partial charge in [-0.2, -0.15) is 0 Å². The van der Waals surface area contributed by atoms with Crippen LogP contribution in [0, 0.1) is 5.92 Å². The molecule has 1 N–H and O–H groups in total. The van der Waals surface area contributed by atoms with Gasteiger partial charge in [-0.3, -0.25) is 14.6 Å². The van der Waals surface area contributed by atoms with Gasteiger partial charge in [-0.25, -0.2) is 0 Å². The number of carbonyl (C=O) groups is 2. The predicted octanol–water partition coefficient (Wildman–Crippen LogP) is 1.72. The summed E-state index contributed by atoms with van der Waals surface area (Å²) in [5.41, 5.74) is 0.502. The Kier molecular flexibility index (Phi) is 4.95. The van der Waals surface area contributed by atoms with E-state index in [4.69, 9.17) is 11.6 Å². The van der Waals surface area contributed by atoms with Gasteiger partial charge in [0.15, 0.2) is 0 Å². The molecule has 1 aromatic heterocycles. The van der Waals surface area contributed by atoms with E-state index in [1.165, 1.54) is 13.1 Å². The van der Waals surface area contributed by atoms with Crippen LogP contribution in [0.1, 0.15) is 30.1 Å². The van der Waals surface area contributed by atoms with Crippen molar-refractivity contribution in [3.8, 4) is 0 Å². The standard InChI is InChI=1S/C14H18ClN3O2/c1-10(19)17-8-11-3-6-18(7-4-11)14(20)12-2-5-16-9-13(12)15/h2,5,9,11H,3-4,6-8H2,1H3,(H,17,19). The highest BCUT2D eigenvalue weighted by Gasteiger charge is 2.24. The van der Waals surface area contributed by atoms with E-state index in [0.29, 0.717) is 36.1 Å².